The first kappa shape index (κ1) is 20.7. The molecule has 0 radical (unpaired) electrons. The van der Waals surface area contributed by atoms with Crippen molar-refractivity contribution < 1.29 is 23.9 Å². The normalized spacial score (nSPS) is 10.0. The van der Waals surface area contributed by atoms with E-state index in [0.717, 1.165) is 3.57 Å². The van der Waals surface area contributed by atoms with Crippen LogP contribution in [0.1, 0.15) is 17.3 Å². The van der Waals surface area contributed by atoms with Crippen LogP contribution in [0.15, 0.2) is 48.5 Å². The van der Waals surface area contributed by atoms with Gasteiger partial charge in [0.2, 0.25) is 0 Å². The molecule has 0 aliphatic rings. The van der Waals surface area contributed by atoms with Crippen LogP contribution in [0.5, 0.6) is 5.75 Å². The van der Waals surface area contributed by atoms with Crippen molar-refractivity contribution in [3.8, 4) is 5.75 Å². The summed E-state index contributed by atoms with van der Waals surface area (Å²) < 4.78 is 11.2. The molecule has 0 heterocycles. The molecule has 0 unspecified atom stereocenters. The largest absolute Gasteiger partial charge is 0.494 e. The zero-order valence-corrected chi connectivity index (χ0v) is 16.8. The van der Waals surface area contributed by atoms with E-state index in [0.29, 0.717) is 23.6 Å². The topological polar surface area (TPSA) is 93.7 Å². The summed E-state index contributed by atoms with van der Waals surface area (Å²) in [6, 6.07) is 13.7. The number of anilines is 1. The maximum absolute atomic E-state index is 12.0. The van der Waals surface area contributed by atoms with Crippen LogP contribution in [0.2, 0.25) is 0 Å². The number of benzene rings is 2. The number of hydrogen-bond donors (Lipinski definition) is 2. The fourth-order valence-electron chi connectivity index (χ4n) is 2.05. The standard InChI is InChI=1S/C19H19IN2O5/c1-2-26-16-9-3-13(4-10-16)19(25)21-11-18(24)27-12-17(23)22-15-7-5-14(20)6-8-15/h3-10H,2,11-12H2,1H3,(H,21,25)(H,22,23). The molecule has 2 aromatic carbocycles. The van der Waals surface area contributed by atoms with E-state index < -0.39 is 24.4 Å². The van der Waals surface area contributed by atoms with Crippen LogP contribution < -0.4 is 15.4 Å². The lowest BCUT2D eigenvalue weighted by Crippen LogP contribution is -2.32. The molecule has 0 aliphatic heterocycles. The molecule has 2 rings (SSSR count). The quantitative estimate of drug-likeness (QED) is 0.446. The molecule has 0 atom stereocenters. The molecule has 0 bridgehead atoms. The van der Waals surface area contributed by atoms with Crippen LogP contribution in [0.4, 0.5) is 5.69 Å². The van der Waals surface area contributed by atoms with Gasteiger partial charge in [0.05, 0.1) is 6.61 Å². The lowest BCUT2D eigenvalue weighted by molar-refractivity contribution is -0.146. The molecule has 2 amide bonds. The number of amides is 2. The minimum atomic E-state index is -0.702. The van der Waals surface area contributed by atoms with Crippen molar-refractivity contribution in [2.75, 3.05) is 25.1 Å². The first-order valence-electron chi connectivity index (χ1n) is 8.20. The molecule has 0 saturated carbocycles. The molecule has 27 heavy (non-hydrogen) atoms. The maximum atomic E-state index is 12.0. The number of rotatable bonds is 8. The smallest absolute Gasteiger partial charge is 0.325 e. The number of carbonyl (C=O) groups is 3. The van der Waals surface area contributed by atoms with Crippen molar-refractivity contribution in [1.29, 1.82) is 0 Å². The molecule has 0 spiro atoms. The average molecular weight is 482 g/mol. The Morgan fingerprint density at radius 1 is 1.00 bits per heavy atom. The maximum Gasteiger partial charge on any atom is 0.325 e. The van der Waals surface area contributed by atoms with Gasteiger partial charge in [-0.3, -0.25) is 14.4 Å². The Labute approximate surface area is 170 Å². The minimum Gasteiger partial charge on any atom is -0.494 e. The molecule has 0 aliphatic carbocycles. The number of carbonyl (C=O) groups excluding carboxylic acids is 3. The summed E-state index contributed by atoms with van der Waals surface area (Å²) in [4.78, 5) is 35.4. The van der Waals surface area contributed by atoms with Crippen LogP contribution in [-0.2, 0) is 14.3 Å². The predicted octanol–water partition coefficient (Wildman–Crippen LogP) is 2.60. The second-order valence-corrected chi connectivity index (χ2v) is 6.60. The Bertz CT molecular complexity index is 791. The third-order valence-corrected chi connectivity index (χ3v) is 4.03. The van der Waals surface area contributed by atoms with Gasteiger partial charge >= 0.3 is 5.97 Å². The van der Waals surface area contributed by atoms with Crippen molar-refractivity contribution in [2.24, 2.45) is 0 Å². The van der Waals surface area contributed by atoms with Crippen molar-refractivity contribution in [3.63, 3.8) is 0 Å². The molecule has 2 aromatic rings. The Balaban J connectivity index is 1.71. The summed E-state index contributed by atoms with van der Waals surface area (Å²) in [6.45, 7) is 1.65. The van der Waals surface area contributed by atoms with Gasteiger partial charge in [-0.25, -0.2) is 0 Å². The molecule has 0 aromatic heterocycles. The Hall–Kier alpha value is -2.62. The molecular weight excluding hydrogens is 463 g/mol. The van der Waals surface area contributed by atoms with Gasteiger partial charge in [0.15, 0.2) is 6.61 Å². The van der Waals surface area contributed by atoms with Crippen molar-refractivity contribution in [2.45, 2.75) is 6.92 Å². The van der Waals surface area contributed by atoms with Crippen LogP contribution in [0.3, 0.4) is 0 Å². The number of hydrogen-bond acceptors (Lipinski definition) is 5. The lowest BCUT2D eigenvalue weighted by Gasteiger charge is -2.08. The lowest BCUT2D eigenvalue weighted by atomic mass is 10.2. The first-order chi connectivity index (χ1) is 13.0. The Morgan fingerprint density at radius 2 is 1.67 bits per heavy atom. The van der Waals surface area contributed by atoms with Gasteiger partial charge in [-0.15, -0.1) is 0 Å². The second-order valence-electron chi connectivity index (χ2n) is 5.36. The predicted molar refractivity (Wildman–Crippen MR) is 109 cm³/mol. The monoisotopic (exact) mass is 482 g/mol. The van der Waals surface area contributed by atoms with Crippen molar-refractivity contribution in [3.05, 3.63) is 57.7 Å². The molecule has 0 saturated heterocycles. The molecule has 7 nitrogen and oxygen atoms in total. The van der Waals surface area contributed by atoms with Crippen molar-refractivity contribution in [1.82, 2.24) is 5.32 Å². The van der Waals surface area contributed by atoms with Gasteiger partial charge in [-0.2, -0.15) is 0 Å². The third kappa shape index (κ3) is 7.26. The molecular formula is C19H19IN2O5. The highest BCUT2D eigenvalue weighted by atomic mass is 127. The fraction of sp³-hybridized carbons (Fsp3) is 0.211. The SMILES string of the molecule is CCOc1ccc(C(=O)NCC(=O)OCC(=O)Nc2ccc(I)cc2)cc1. The van der Waals surface area contributed by atoms with E-state index in [4.69, 9.17) is 9.47 Å². The van der Waals surface area contributed by atoms with E-state index in [-0.39, 0.29) is 6.54 Å². The van der Waals surface area contributed by atoms with Gasteiger partial charge in [0, 0.05) is 14.8 Å². The highest BCUT2D eigenvalue weighted by Gasteiger charge is 2.11. The molecule has 8 heteroatoms. The number of halogens is 1. The van der Waals surface area contributed by atoms with E-state index in [1.165, 1.54) is 0 Å². The van der Waals surface area contributed by atoms with Gasteiger partial charge in [0.1, 0.15) is 12.3 Å². The van der Waals surface area contributed by atoms with Gasteiger partial charge < -0.3 is 20.1 Å². The summed E-state index contributed by atoms with van der Waals surface area (Å²) in [5.74, 6) is -0.916. The van der Waals surface area contributed by atoms with Crippen LogP contribution in [-0.4, -0.2) is 37.5 Å². The molecule has 142 valence electrons. The number of ether oxygens (including phenoxy) is 2. The highest BCUT2D eigenvalue weighted by molar-refractivity contribution is 14.1. The summed E-state index contributed by atoms with van der Waals surface area (Å²) in [7, 11) is 0. The highest BCUT2D eigenvalue weighted by Crippen LogP contribution is 2.12. The Kier molecular flexibility index (Phi) is 8.05. The summed E-state index contributed by atoms with van der Waals surface area (Å²) >= 11 is 2.16. The van der Waals surface area contributed by atoms with Gasteiger partial charge in [-0.1, -0.05) is 0 Å². The van der Waals surface area contributed by atoms with Crippen LogP contribution >= 0.6 is 22.6 Å². The van der Waals surface area contributed by atoms with Gasteiger partial charge in [-0.05, 0) is 78.0 Å². The molecule has 0 fully saturated rings. The van der Waals surface area contributed by atoms with Gasteiger partial charge in [0.25, 0.3) is 11.8 Å². The zero-order chi connectivity index (χ0) is 19.6. The third-order valence-electron chi connectivity index (χ3n) is 3.31. The van der Waals surface area contributed by atoms with E-state index in [9.17, 15) is 14.4 Å². The summed E-state index contributed by atoms with van der Waals surface area (Å²) in [6.07, 6.45) is 0. The summed E-state index contributed by atoms with van der Waals surface area (Å²) in [5, 5.41) is 5.06. The van der Waals surface area contributed by atoms with E-state index in [2.05, 4.69) is 33.2 Å². The average Bonchev–Trinajstić information content (AvgIpc) is 2.67. The Morgan fingerprint density at radius 3 is 2.30 bits per heavy atom. The number of esters is 1. The first-order valence-corrected chi connectivity index (χ1v) is 9.28. The van der Waals surface area contributed by atoms with Crippen LogP contribution in [0.25, 0.3) is 0 Å². The van der Waals surface area contributed by atoms with E-state index >= 15 is 0 Å². The molecule has 2 N–H and O–H groups in total. The van der Waals surface area contributed by atoms with E-state index in [1.54, 1.807) is 36.4 Å². The van der Waals surface area contributed by atoms with Crippen LogP contribution in [0, 0.1) is 3.57 Å². The second kappa shape index (κ2) is 10.5. The fourth-order valence-corrected chi connectivity index (χ4v) is 2.41. The van der Waals surface area contributed by atoms with E-state index in [1.807, 2.05) is 19.1 Å². The number of nitrogens with one attached hydrogen (secondary N) is 2. The van der Waals surface area contributed by atoms with Crippen molar-refractivity contribution >= 4 is 46.1 Å². The summed E-state index contributed by atoms with van der Waals surface area (Å²) in [5.41, 5.74) is 1.00. The minimum absolute atomic E-state index is 0.330. The zero-order valence-electron chi connectivity index (χ0n) is 14.7.